The van der Waals surface area contributed by atoms with Crippen molar-refractivity contribution in [1.82, 2.24) is 10.2 Å². The van der Waals surface area contributed by atoms with Gasteiger partial charge >= 0.3 is 0 Å². The average molecular weight is 196 g/mol. The Morgan fingerprint density at radius 1 is 1.21 bits per heavy atom. The lowest BCUT2D eigenvalue weighted by Crippen LogP contribution is -2.38. The third-order valence-corrected chi connectivity index (χ3v) is 3.34. The predicted octanol–water partition coefficient (Wildman–Crippen LogP) is 1.14. The molecule has 2 rings (SSSR count). The van der Waals surface area contributed by atoms with Crippen molar-refractivity contribution in [2.24, 2.45) is 0 Å². The van der Waals surface area contributed by atoms with Crippen molar-refractivity contribution in [3.8, 4) is 0 Å². The lowest BCUT2D eigenvalue weighted by Gasteiger charge is -2.26. The molecule has 2 fully saturated rings. The highest BCUT2D eigenvalue weighted by Gasteiger charge is 2.19. The first-order valence-electron chi connectivity index (χ1n) is 5.87. The zero-order valence-electron chi connectivity index (χ0n) is 8.80. The van der Waals surface area contributed by atoms with Crippen LogP contribution < -0.4 is 5.32 Å². The SMILES string of the molecule is O=C(CCNC1CCC1)N1CCCC1. The lowest BCUT2D eigenvalue weighted by molar-refractivity contribution is -0.130. The van der Waals surface area contributed by atoms with Crippen molar-refractivity contribution in [3.05, 3.63) is 0 Å². The fraction of sp³-hybridized carbons (Fsp3) is 0.909. The summed E-state index contributed by atoms with van der Waals surface area (Å²) in [6.45, 7) is 2.85. The van der Waals surface area contributed by atoms with Gasteiger partial charge in [0.15, 0.2) is 0 Å². The van der Waals surface area contributed by atoms with E-state index >= 15 is 0 Å². The molecule has 0 radical (unpaired) electrons. The minimum Gasteiger partial charge on any atom is -0.343 e. The Kier molecular flexibility index (Phi) is 3.40. The molecule has 0 unspecified atom stereocenters. The van der Waals surface area contributed by atoms with Crippen LogP contribution in [0, 0.1) is 0 Å². The van der Waals surface area contributed by atoms with Crippen LogP contribution in [0.1, 0.15) is 38.5 Å². The normalized spacial score (nSPS) is 22.4. The van der Waals surface area contributed by atoms with Gasteiger partial charge in [-0.1, -0.05) is 6.42 Å². The fourth-order valence-corrected chi connectivity index (χ4v) is 2.12. The van der Waals surface area contributed by atoms with Gasteiger partial charge in [-0.3, -0.25) is 4.79 Å². The average Bonchev–Trinajstić information content (AvgIpc) is 2.61. The van der Waals surface area contributed by atoms with Gasteiger partial charge in [-0.2, -0.15) is 0 Å². The Morgan fingerprint density at radius 3 is 2.50 bits per heavy atom. The molecule has 3 heteroatoms. The van der Waals surface area contributed by atoms with E-state index in [1.54, 1.807) is 0 Å². The molecule has 80 valence electrons. The van der Waals surface area contributed by atoms with Gasteiger partial charge in [0.2, 0.25) is 5.91 Å². The minimum absolute atomic E-state index is 0.342. The summed E-state index contributed by atoms with van der Waals surface area (Å²) in [5.41, 5.74) is 0. The van der Waals surface area contributed by atoms with Gasteiger partial charge in [0, 0.05) is 32.1 Å². The first kappa shape index (κ1) is 9.97. The number of hydrogen-bond acceptors (Lipinski definition) is 2. The maximum absolute atomic E-state index is 11.6. The molecule has 1 amide bonds. The summed E-state index contributed by atoms with van der Waals surface area (Å²) < 4.78 is 0. The molecule has 1 saturated heterocycles. The largest absolute Gasteiger partial charge is 0.343 e. The molecule has 1 heterocycles. The molecule has 1 saturated carbocycles. The molecule has 0 aromatic rings. The van der Waals surface area contributed by atoms with E-state index in [4.69, 9.17) is 0 Å². The molecule has 0 aromatic heterocycles. The van der Waals surface area contributed by atoms with Gasteiger partial charge in [0.1, 0.15) is 0 Å². The zero-order valence-corrected chi connectivity index (χ0v) is 8.80. The lowest BCUT2D eigenvalue weighted by atomic mass is 9.93. The van der Waals surface area contributed by atoms with E-state index in [0.717, 1.165) is 19.6 Å². The number of carbonyl (C=O) groups is 1. The van der Waals surface area contributed by atoms with E-state index in [1.807, 2.05) is 4.90 Å². The number of hydrogen-bond donors (Lipinski definition) is 1. The Bertz CT molecular complexity index is 195. The first-order valence-corrected chi connectivity index (χ1v) is 5.87. The van der Waals surface area contributed by atoms with E-state index in [-0.39, 0.29) is 0 Å². The summed E-state index contributed by atoms with van der Waals surface area (Å²) >= 11 is 0. The third-order valence-electron chi connectivity index (χ3n) is 3.34. The first-order chi connectivity index (χ1) is 6.86. The Morgan fingerprint density at radius 2 is 1.93 bits per heavy atom. The molecule has 0 atom stereocenters. The molecular weight excluding hydrogens is 176 g/mol. The Labute approximate surface area is 85.8 Å². The quantitative estimate of drug-likeness (QED) is 0.731. The summed E-state index contributed by atoms with van der Waals surface area (Å²) in [7, 11) is 0. The van der Waals surface area contributed by atoms with Crippen LogP contribution in [0.5, 0.6) is 0 Å². The van der Waals surface area contributed by atoms with Crippen molar-refractivity contribution in [1.29, 1.82) is 0 Å². The predicted molar refractivity (Wildman–Crippen MR) is 56.1 cm³/mol. The maximum Gasteiger partial charge on any atom is 0.223 e. The second-order valence-electron chi connectivity index (χ2n) is 4.42. The van der Waals surface area contributed by atoms with Crippen LogP contribution in [0.25, 0.3) is 0 Å². The minimum atomic E-state index is 0.342. The van der Waals surface area contributed by atoms with Gasteiger partial charge in [-0.25, -0.2) is 0 Å². The number of nitrogens with one attached hydrogen (secondary N) is 1. The number of nitrogens with zero attached hydrogens (tertiary/aromatic N) is 1. The molecule has 1 aliphatic carbocycles. The Hall–Kier alpha value is -0.570. The van der Waals surface area contributed by atoms with Gasteiger partial charge < -0.3 is 10.2 Å². The van der Waals surface area contributed by atoms with Crippen molar-refractivity contribution in [3.63, 3.8) is 0 Å². The van der Waals surface area contributed by atoms with Crippen LogP contribution in [-0.4, -0.2) is 36.5 Å². The van der Waals surface area contributed by atoms with Crippen molar-refractivity contribution in [2.75, 3.05) is 19.6 Å². The summed E-state index contributed by atoms with van der Waals surface area (Å²) in [5, 5.41) is 3.43. The molecule has 0 aromatic carbocycles. The van der Waals surface area contributed by atoms with Crippen LogP contribution in [0.3, 0.4) is 0 Å². The third kappa shape index (κ3) is 2.47. The maximum atomic E-state index is 11.6. The molecule has 0 bridgehead atoms. The summed E-state index contributed by atoms with van der Waals surface area (Å²) in [6, 6.07) is 0.710. The van der Waals surface area contributed by atoms with Crippen molar-refractivity contribution >= 4 is 5.91 Å². The van der Waals surface area contributed by atoms with Crippen LogP contribution >= 0.6 is 0 Å². The van der Waals surface area contributed by atoms with Gasteiger partial charge in [0.05, 0.1) is 0 Å². The van der Waals surface area contributed by atoms with E-state index in [2.05, 4.69) is 5.32 Å². The van der Waals surface area contributed by atoms with Gasteiger partial charge in [-0.05, 0) is 25.7 Å². The molecule has 3 nitrogen and oxygen atoms in total. The highest BCUT2D eigenvalue weighted by atomic mass is 16.2. The molecule has 2 aliphatic rings. The smallest absolute Gasteiger partial charge is 0.223 e. The summed E-state index contributed by atoms with van der Waals surface area (Å²) in [5.74, 6) is 0.342. The topological polar surface area (TPSA) is 32.3 Å². The van der Waals surface area contributed by atoms with Crippen LogP contribution in [0.2, 0.25) is 0 Å². The van der Waals surface area contributed by atoms with E-state index in [1.165, 1.54) is 32.1 Å². The zero-order chi connectivity index (χ0) is 9.80. The molecular formula is C11H20N2O. The number of amides is 1. The van der Waals surface area contributed by atoms with Crippen molar-refractivity contribution in [2.45, 2.75) is 44.6 Å². The molecule has 14 heavy (non-hydrogen) atoms. The second kappa shape index (κ2) is 4.78. The van der Waals surface area contributed by atoms with E-state index < -0.39 is 0 Å². The Balaban J connectivity index is 1.57. The summed E-state index contributed by atoms with van der Waals surface area (Å²) in [4.78, 5) is 13.6. The molecule has 1 N–H and O–H groups in total. The number of carbonyl (C=O) groups excluding carboxylic acids is 1. The molecule has 1 aliphatic heterocycles. The molecule has 0 spiro atoms. The van der Waals surface area contributed by atoms with Crippen LogP contribution in [-0.2, 0) is 4.79 Å². The van der Waals surface area contributed by atoms with Crippen LogP contribution in [0.15, 0.2) is 0 Å². The van der Waals surface area contributed by atoms with Crippen molar-refractivity contribution < 1.29 is 4.79 Å². The van der Waals surface area contributed by atoms with E-state index in [9.17, 15) is 4.79 Å². The monoisotopic (exact) mass is 196 g/mol. The highest BCUT2D eigenvalue weighted by molar-refractivity contribution is 5.76. The van der Waals surface area contributed by atoms with Crippen LogP contribution in [0.4, 0.5) is 0 Å². The number of likely N-dealkylation sites (tertiary alicyclic amines) is 1. The van der Waals surface area contributed by atoms with E-state index in [0.29, 0.717) is 18.4 Å². The van der Waals surface area contributed by atoms with Gasteiger partial charge in [0.25, 0.3) is 0 Å². The number of rotatable bonds is 4. The van der Waals surface area contributed by atoms with Gasteiger partial charge in [-0.15, -0.1) is 0 Å². The highest BCUT2D eigenvalue weighted by Crippen LogP contribution is 2.17. The second-order valence-corrected chi connectivity index (χ2v) is 4.42. The standard InChI is InChI=1S/C11H20N2O/c14-11(13-8-1-2-9-13)6-7-12-10-4-3-5-10/h10,12H,1-9H2. The summed E-state index contributed by atoms with van der Waals surface area (Å²) in [6.07, 6.45) is 7.05. The fourth-order valence-electron chi connectivity index (χ4n) is 2.12.